The van der Waals surface area contributed by atoms with E-state index in [0.717, 1.165) is 35.7 Å². The average Bonchev–Trinajstić information content (AvgIpc) is 3.28. The molecule has 4 rings (SSSR count). The van der Waals surface area contributed by atoms with Gasteiger partial charge < -0.3 is 19.7 Å². The van der Waals surface area contributed by atoms with Crippen LogP contribution in [0.25, 0.3) is 0 Å². The summed E-state index contributed by atoms with van der Waals surface area (Å²) in [5.74, 6) is 1.77. The minimum absolute atomic E-state index is 0. The predicted octanol–water partition coefficient (Wildman–Crippen LogP) is 5.93. The number of nitrogens with zero attached hydrogens (tertiary/aromatic N) is 2. The third-order valence-corrected chi connectivity index (χ3v) is 7.25. The van der Waals surface area contributed by atoms with E-state index in [1.807, 2.05) is 61.7 Å². The number of aliphatic hydroxyl groups is 1. The van der Waals surface area contributed by atoms with Crippen LogP contribution in [0.4, 0.5) is 0 Å². The number of H-pyrrole nitrogens is 1. The largest absolute Gasteiger partial charge is 0.490 e. The molecule has 190 valence electrons. The van der Waals surface area contributed by atoms with E-state index in [1.54, 1.807) is 0 Å². The number of aromatic nitrogens is 2. The van der Waals surface area contributed by atoms with Crippen molar-refractivity contribution in [2.75, 3.05) is 20.6 Å². The maximum atomic E-state index is 12.8. The van der Waals surface area contributed by atoms with Crippen LogP contribution in [0.1, 0.15) is 49.2 Å². The lowest BCUT2D eigenvalue weighted by Crippen LogP contribution is -2.53. The molecule has 1 aromatic heterocycles. The first-order valence-electron chi connectivity index (χ1n) is 12.6. The van der Waals surface area contributed by atoms with Crippen molar-refractivity contribution < 1.29 is 9.84 Å². The fourth-order valence-electron chi connectivity index (χ4n) is 5.67. The van der Waals surface area contributed by atoms with Gasteiger partial charge in [0.2, 0.25) is 0 Å². The van der Waals surface area contributed by atoms with Gasteiger partial charge in [0.05, 0.1) is 5.60 Å². The molecule has 3 aromatic rings. The first-order valence-corrected chi connectivity index (χ1v) is 12.6. The standard InChI is InChI=1S/C29H39N3O2.BrH/c1-22-30-20-25(31-22)19-28(34-26-17-11-6-12-18-26)27(21-32(2)3)29(33,23-13-7-4-8-14-23)24-15-9-5-10-16-24;/h4,6-8,11-14,17-18,20,24,27-28,33H,5,9-10,15-16,19,21H2,1-3H3,(H,30,31);1H. The molecule has 0 aliphatic heterocycles. The Kier molecular flexibility index (Phi) is 9.96. The number of aryl methyl sites for hydroxylation is 1. The van der Waals surface area contributed by atoms with E-state index in [2.05, 4.69) is 41.1 Å². The highest BCUT2D eigenvalue weighted by atomic mass is 79.9. The molecule has 1 aliphatic rings. The summed E-state index contributed by atoms with van der Waals surface area (Å²) in [5, 5.41) is 12.8. The van der Waals surface area contributed by atoms with Crippen molar-refractivity contribution in [3.63, 3.8) is 0 Å². The number of aromatic amines is 1. The second-order valence-electron chi connectivity index (χ2n) is 10.1. The molecule has 3 unspecified atom stereocenters. The molecule has 0 amide bonds. The molecule has 2 N–H and O–H groups in total. The van der Waals surface area contributed by atoms with Crippen molar-refractivity contribution >= 4 is 17.0 Å². The lowest BCUT2D eigenvalue weighted by molar-refractivity contribution is -0.125. The van der Waals surface area contributed by atoms with Gasteiger partial charge in [-0.05, 0) is 57.5 Å². The van der Waals surface area contributed by atoms with Crippen LogP contribution in [-0.2, 0) is 12.0 Å². The van der Waals surface area contributed by atoms with Gasteiger partial charge in [0.1, 0.15) is 17.7 Å². The zero-order valence-electron chi connectivity index (χ0n) is 21.2. The van der Waals surface area contributed by atoms with Crippen molar-refractivity contribution in [1.29, 1.82) is 0 Å². The molecule has 0 bridgehead atoms. The molecule has 5 nitrogen and oxygen atoms in total. The third-order valence-electron chi connectivity index (χ3n) is 7.25. The Hall–Kier alpha value is -2.15. The van der Waals surface area contributed by atoms with Gasteiger partial charge in [0.15, 0.2) is 0 Å². The maximum Gasteiger partial charge on any atom is 0.119 e. The number of hydrogen-bond donors (Lipinski definition) is 2. The minimum Gasteiger partial charge on any atom is -0.490 e. The Balaban J connectivity index is 0.00000342. The summed E-state index contributed by atoms with van der Waals surface area (Å²) in [6.45, 7) is 2.68. The molecule has 1 heterocycles. The van der Waals surface area contributed by atoms with Gasteiger partial charge >= 0.3 is 0 Å². The molecular formula is C29H40BrN3O2. The Morgan fingerprint density at radius 2 is 1.66 bits per heavy atom. The molecule has 0 spiro atoms. The van der Waals surface area contributed by atoms with E-state index in [9.17, 15) is 5.11 Å². The van der Waals surface area contributed by atoms with Gasteiger partial charge in [-0.15, -0.1) is 17.0 Å². The zero-order valence-corrected chi connectivity index (χ0v) is 22.9. The van der Waals surface area contributed by atoms with E-state index >= 15 is 0 Å². The maximum absolute atomic E-state index is 12.8. The minimum atomic E-state index is -1.000. The molecule has 35 heavy (non-hydrogen) atoms. The Morgan fingerprint density at radius 1 is 1.03 bits per heavy atom. The highest BCUT2D eigenvalue weighted by molar-refractivity contribution is 8.93. The number of rotatable bonds is 10. The molecule has 1 fully saturated rings. The van der Waals surface area contributed by atoms with Crippen molar-refractivity contribution in [3.8, 4) is 5.75 Å². The summed E-state index contributed by atoms with van der Waals surface area (Å²) in [7, 11) is 4.17. The van der Waals surface area contributed by atoms with Crippen LogP contribution in [-0.4, -0.2) is 46.7 Å². The molecule has 0 saturated heterocycles. The Labute approximate surface area is 220 Å². The number of hydrogen-bond acceptors (Lipinski definition) is 4. The molecule has 1 saturated carbocycles. The molecule has 3 atom stereocenters. The second kappa shape index (κ2) is 12.7. The molecule has 6 heteroatoms. The summed E-state index contributed by atoms with van der Waals surface area (Å²) in [4.78, 5) is 9.99. The van der Waals surface area contributed by atoms with Gasteiger partial charge in [0, 0.05) is 30.8 Å². The number of benzene rings is 2. The summed E-state index contributed by atoms with van der Waals surface area (Å²) < 4.78 is 6.71. The fraction of sp³-hybridized carbons (Fsp3) is 0.483. The van der Waals surface area contributed by atoms with Crippen LogP contribution < -0.4 is 4.74 Å². The summed E-state index contributed by atoms with van der Waals surface area (Å²) in [6, 6.07) is 20.3. The quantitative estimate of drug-likeness (QED) is 0.333. The highest BCUT2D eigenvalue weighted by Gasteiger charge is 2.49. The smallest absolute Gasteiger partial charge is 0.119 e. The SMILES string of the molecule is Br.Cc1ncc(CC(Oc2ccccc2)C(CN(C)C)C(O)(c2ccccc2)C2CCCCC2)[nH]1. The summed E-state index contributed by atoms with van der Waals surface area (Å²) in [6.07, 6.45) is 7.96. The van der Waals surface area contributed by atoms with E-state index in [4.69, 9.17) is 4.74 Å². The average molecular weight is 543 g/mol. The second-order valence-corrected chi connectivity index (χ2v) is 10.1. The van der Waals surface area contributed by atoms with E-state index < -0.39 is 5.60 Å². The monoisotopic (exact) mass is 541 g/mol. The Bertz CT molecular complexity index is 1010. The van der Waals surface area contributed by atoms with E-state index in [0.29, 0.717) is 13.0 Å². The lowest BCUT2D eigenvalue weighted by atomic mass is 9.65. The predicted molar refractivity (Wildman–Crippen MR) is 147 cm³/mol. The number of ether oxygens (including phenoxy) is 1. The van der Waals surface area contributed by atoms with Crippen molar-refractivity contribution in [2.45, 2.75) is 57.2 Å². The first kappa shape index (κ1) is 27.4. The Morgan fingerprint density at radius 3 is 2.23 bits per heavy atom. The topological polar surface area (TPSA) is 61.4 Å². The van der Waals surface area contributed by atoms with Gasteiger partial charge in [-0.1, -0.05) is 67.8 Å². The zero-order chi connectivity index (χ0) is 24.0. The number of nitrogens with one attached hydrogen (secondary N) is 1. The van der Waals surface area contributed by atoms with Crippen LogP contribution in [0.3, 0.4) is 0 Å². The van der Waals surface area contributed by atoms with Gasteiger partial charge in [-0.25, -0.2) is 4.98 Å². The number of imidazole rings is 1. The third kappa shape index (κ3) is 6.75. The highest BCUT2D eigenvalue weighted by Crippen LogP contribution is 2.46. The number of halogens is 1. The summed E-state index contributed by atoms with van der Waals surface area (Å²) in [5.41, 5.74) is 1.03. The molecule has 1 aliphatic carbocycles. The van der Waals surface area contributed by atoms with Crippen LogP contribution >= 0.6 is 17.0 Å². The molecule has 0 radical (unpaired) electrons. The van der Waals surface area contributed by atoms with Crippen LogP contribution in [0.2, 0.25) is 0 Å². The normalized spacial score (nSPS) is 17.9. The van der Waals surface area contributed by atoms with Crippen molar-refractivity contribution in [1.82, 2.24) is 14.9 Å². The van der Waals surface area contributed by atoms with Crippen LogP contribution in [0, 0.1) is 18.8 Å². The van der Waals surface area contributed by atoms with E-state index in [1.165, 1.54) is 19.3 Å². The van der Waals surface area contributed by atoms with Crippen LogP contribution in [0.5, 0.6) is 5.75 Å². The molecular weight excluding hydrogens is 502 g/mol. The van der Waals surface area contributed by atoms with E-state index in [-0.39, 0.29) is 34.9 Å². The first-order chi connectivity index (χ1) is 16.5. The van der Waals surface area contributed by atoms with Crippen molar-refractivity contribution in [3.05, 3.63) is 83.9 Å². The number of para-hydroxylation sites is 1. The fourth-order valence-corrected chi connectivity index (χ4v) is 5.67. The molecule has 2 aromatic carbocycles. The van der Waals surface area contributed by atoms with Crippen molar-refractivity contribution in [2.24, 2.45) is 11.8 Å². The van der Waals surface area contributed by atoms with Gasteiger partial charge in [-0.3, -0.25) is 0 Å². The summed E-state index contributed by atoms with van der Waals surface area (Å²) >= 11 is 0. The van der Waals surface area contributed by atoms with Gasteiger partial charge in [0.25, 0.3) is 0 Å². The van der Waals surface area contributed by atoms with Crippen LogP contribution in [0.15, 0.2) is 66.9 Å². The van der Waals surface area contributed by atoms with Gasteiger partial charge in [-0.2, -0.15) is 0 Å². The lowest BCUT2D eigenvalue weighted by Gasteiger charge is -2.47.